The second-order valence-corrected chi connectivity index (χ2v) is 10.3. The van der Waals surface area contributed by atoms with Gasteiger partial charge in [0.05, 0.1) is 16.5 Å². The van der Waals surface area contributed by atoms with E-state index in [-0.39, 0.29) is 22.3 Å². The molecule has 0 radical (unpaired) electrons. The van der Waals surface area contributed by atoms with Crippen LogP contribution in [0.25, 0.3) is 5.52 Å². The van der Waals surface area contributed by atoms with Crippen LogP contribution in [0.5, 0.6) is 0 Å². The van der Waals surface area contributed by atoms with Gasteiger partial charge in [-0.15, -0.1) is 0 Å². The van der Waals surface area contributed by atoms with E-state index < -0.39 is 0 Å². The topological polar surface area (TPSA) is 54.5 Å². The van der Waals surface area contributed by atoms with Crippen molar-refractivity contribution in [1.29, 1.82) is 5.26 Å². The maximum atomic E-state index is 13.1. The van der Waals surface area contributed by atoms with Crippen LogP contribution in [-0.4, -0.2) is 14.7 Å². The Kier molecular flexibility index (Phi) is 3.53. The van der Waals surface area contributed by atoms with Crippen LogP contribution < -0.4 is 0 Å². The molecule has 4 bridgehead atoms. The molecule has 26 heavy (non-hydrogen) atoms. The monoisotopic (exact) mass is 412 g/mol. The number of hydrogen-bond donors (Lipinski definition) is 0. The number of alkyl halides is 1. The van der Waals surface area contributed by atoms with Crippen LogP contribution in [-0.2, 0) is 16.1 Å². The normalized spacial score (nSPS) is 34.8. The molecule has 0 spiro atoms. The zero-order valence-corrected chi connectivity index (χ0v) is 16.2. The first-order chi connectivity index (χ1) is 12.5. The molecule has 2 atom stereocenters. The average molecular weight is 413 g/mol. The number of esters is 1. The van der Waals surface area contributed by atoms with Crippen molar-refractivity contribution < 1.29 is 9.53 Å². The van der Waals surface area contributed by atoms with Gasteiger partial charge in [0, 0.05) is 22.3 Å². The Morgan fingerprint density at radius 1 is 1.31 bits per heavy atom. The zero-order chi connectivity index (χ0) is 17.9. The van der Waals surface area contributed by atoms with Crippen LogP contribution in [0.2, 0.25) is 0 Å². The zero-order valence-electron chi connectivity index (χ0n) is 14.6. The van der Waals surface area contributed by atoms with Crippen molar-refractivity contribution in [2.45, 2.75) is 49.5 Å². The summed E-state index contributed by atoms with van der Waals surface area (Å²) in [4.78, 5) is 13.1. The summed E-state index contributed by atoms with van der Waals surface area (Å²) >= 11 is 3.95. The molecule has 4 nitrogen and oxygen atoms in total. The molecule has 4 aliphatic rings. The number of fused-ring (bicyclic) bond motifs is 1. The lowest BCUT2D eigenvalue weighted by atomic mass is 9.49. The van der Waals surface area contributed by atoms with Gasteiger partial charge in [-0.1, -0.05) is 22.0 Å². The van der Waals surface area contributed by atoms with Crippen LogP contribution in [0.15, 0.2) is 30.6 Å². The van der Waals surface area contributed by atoms with Gasteiger partial charge < -0.3 is 9.14 Å². The van der Waals surface area contributed by atoms with Crippen LogP contribution in [0.4, 0.5) is 0 Å². The van der Waals surface area contributed by atoms with Crippen molar-refractivity contribution >= 4 is 27.4 Å². The highest BCUT2D eigenvalue weighted by molar-refractivity contribution is 9.10. The molecule has 0 aromatic carbocycles. The summed E-state index contributed by atoms with van der Waals surface area (Å²) in [5.41, 5.74) is 1.92. The predicted octanol–water partition coefficient (Wildman–Crippen LogP) is 4.59. The first-order valence-electron chi connectivity index (χ1n) is 9.35. The molecule has 2 aromatic heterocycles. The third kappa shape index (κ3) is 2.42. The minimum atomic E-state index is -0.320. The summed E-state index contributed by atoms with van der Waals surface area (Å²) in [6.45, 7) is 0.176. The fourth-order valence-corrected chi connectivity index (χ4v) is 7.55. The number of carbonyl (C=O) groups excluding carboxylic acids is 1. The smallest absolute Gasteiger partial charge is 0.312 e. The van der Waals surface area contributed by atoms with Crippen molar-refractivity contribution in [1.82, 2.24) is 4.40 Å². The van der Waals surface area contributed by atoms with E-state index >= 15 is 0 Å². The average Bonchev–Trinajstić information content (AvgIpc) is 2.94. The molecule has 0 saturated heterocycles. The summed E-state index contributed by atoms with van der Waals surface area (Å²) in [5, 5.41) is 9.52. The van der Waals surface area contributed by atoms with Crippen molar-refractivity contribution in [3.8, 4) is 6.07 Å². The number of ether oxygens (including phenoxy) is 1. The van der Waals surface area contributed by atoms with Crippen LogP contribution >= 0.6 is 15.9 Å². The lowest BCUT2D eigenvalue weighted by molar-refractivity contribution is -0.170. The van der Waals surface area contributed by atoms with E-state index in [1.165, 1.54) is 19.3 Å². The molecule has 4 fully saturated rings. The van der Waals surface area contributed by atoms with E-state index in [0.717, 1.165) is 30.3 Å². The largest absolute Gasteiger partial charge is 0.460 e. The fourth-order valence-electron chi connectivity index (χ4n) is 6.10. The summed E-state index contributed by atoms with van der Waals surface area (Å²) in [5.74, 6) is 1.24. The lowest BCUT2D eigenvalue weighted by Gasteiger charge is -2.58. The third-order valence-electron chi connectivity index (χ3n) is 6.66. The summed E-state index contributed by atoms with van der Waals surface area (Å²) < 4.78 is 7.86. The van der Waals surface area contributed by atoms with E-state index in [0.29, 0.717) is 17.4 Å². The second-order valence-electron chi connectivity index (χ2n) is 8.60. The maximum absolute atomic E-state index is 13.1. The van der Waals surface area contributed by atoms with E-state index in [9.17, 15) is 10.1 Å². The lowest BCUT2D eigenvalue weighted by Crippen LogP contribution is -2.56. The highest BCUT2D eigenvalue weighted by Gasteiger charge is 2.60. The standard InChI is InChI=1S/C21H21BrN2O2/c22-21-8-14-5-15(9-21)7-20(6-14,13-21)19(25)26-12-16-11-24-4-2-1-3-18(24)17(16)10-23/h1-4,11,14-15H,5-9,12-13H2/t14-,15-,20?,21?/m0/s1. The molecule has 0 unspecified atom stereocenters. The van der Waals surface area contributed by atoms with Gasteiger partial charge in [-0.2, -0.15) is 5.26 Å². The highest BCUT2D eigenvalue weighted by atomic mass is 79.9. The Morgan fingerprint density at radius 3 is 2.77 bits per heavy atom. The molecule has 4 aliphatic carbocycles. The number of nitrogens with zero attached hydrogens (tertiary/aromatic N) is 2. The summed E-state index contributed by atoms with van der Waals surface area (Å²) in [7, 11) is 0. The van der Waals surface area contributed by atoms with Gasteiger partial charge in [-0.3, -0.25) is 4.79 Å². The summed E-state index contributed by atoms with van der Waals surface area (Å²) in [6.07, 6.45) is 10.3. The Hall–Kier alpha value is -1.80. The van der Waals surface area contributed by atoms with Crippen LogP contribution in [0.3, 0.4) is 0 Å². The fraction of sp³-hybridized carbons (Fsp3) is 0.524. The molecular formula is C21H21BrN2O2. The van der Waals surface area contributed by atoms with Gasteiger partial charge in [-0.05, 0) is 62.5 Å². The second kappa shape index (κ2) is 5.60. The minimum absolute atomic E-state index is 0.0606. The van der Waals surface area contributed by atoms with E-state index in [2.05, 4.69) is 22.0 Å². The molecule has 0 N–H and O–H groups in total. The first-order valence-corrected chi connectivity index (χ1v) is 10.1. The van der Waals surface area contributed by atoms with E-state index in [4.69, 9.17) is 4.74 Å². The van der Waals surface area contributed by atoms with Crippen molar-refractivity contribution in [3.05, 3.63) is 41.7 Å². The predicted molar refractivity (Wildman–Crippen MR) is 101 cm³/mol. The van der Waals surface area contributed by atoms with Gasteiger partial charge >= 0.3 is 5.97 Å². The molecule has 5 heteroatoms. The molecule has 6 rings (SSSR count). The molecule has 0 aliphatic heterocycles. The van der Waals surface area contributed by atoms with Crippen LogP contribution in [0, 0.1) is 28.6 Å². The Balaban J connectivity index is 1.38. The number of pyridine rings is 1. The third-order valence-corrected chi connectivity index (χ3v) is 7.58. The van der Waals surface area contributed by atoms with Crippen molar-refractivity contribution in [2.75, 3.05) is 0 Å². The molecule has 0 amide bonds. The number of aromatic nitrogens is 1. The number of carbonyl (C=O) groups is 1. The summed E-state index contributed by atoms with van der Waals surface area (Å²) in [6, 6.07) is 8.02. The van der Waals surface area contributed by atoms with E-state index in [1.807, 2.05) is 35.0 Å². The molecule has 4 saturated carbocycles. The minimum Gasteiger partial charge on any atom is -0.460 e. The van der Waals surface area contributed by atoms with Gasteiger partial charge in [0.25, 0.3) is 0 Å². The SMILES string of the molecule is N#Cc1c(COC(=O)C23C[C@@H]4C[C@H](CC(Br)(C4)C2)C3)cn2ccccc12. The maximum Gasteiger partial charge on any atom is 0.312 e. The highest BCUT2D eigenvalue weighted by Crippen LogP contribution is 2.64. The molecule has 2 heterocycles. The molecular weight excluding hydrogens is 392 g/mol. The number of nitriles is 1. The number of hydrogen-bond acceptors (Lipinski definition) is 3. The number of rotatable bonds is 3. The Labute approximate surface area is 161 Å². The quantitative estimate of drug-likeness (QED) is 0.547. The van der Waals surface area contributed by atoms with Crippen LogP contribution in [0.1, 0.15) is 49.7 Å². The van der Waals surface area contributed by atoms with Crippen molar-refractivity contribution in [3.63, 3.8) is 0 Å². The first kappa shape index (κ1) is 16.4. The molecule has 2 aromatic rings. The van der Waals surface area contributed by atoms with E-state index in [1.54, 1.807) is 0 Å². The Morgan fingerprint density at radius 2 is 2.08 bits per heavy atom. The molecule has 134 valence electrons. The van der Waals surface area contributed by atoms with Gasteiger partial charge in [0.15, 0.2) is 0 Å². The van der Waals surface area contributed by atoms with Gasteiger partial charge in [0.1, 0.15) is 12.7 Å². The Bertz CT molecular complexity index is 927. The van der Waals surface area contributed by atoms with Gasteiger partial charge in [0.2, 0.25) is 0 Å². The van der Waals surface area contributed by atoms with Gasteiger partial charge in [-0.25, -0.2) is 0 Å². The van der Waals surface area contributed by atoms with Crippen molar-refractivity contribution in [2.24, 2.45) is 17.3 Å². The number of halogens is 1.